The van der Waals surface area contributed by atoms with E-state index in [4.69, 9.17) is 10.5 Å². The number of ether oxygens (including phenoxy) is 1. The number of nitrogens with two attached hydrogens (primary N) is 1. The number of hydrogen-bond donors (Lipinski definition) is 3. The smallest absolute Gasteiger partial charge is 0.271 e. The fourth-order valence-electron chi connectivity index (χ4n) is 3.31. The molecule has 1 saturated heterocycles. The maximum absolute atomic E-state index is 12.0. The third kappa shape index (κ3) is 4.31. The molecule has 30 heavy (non-hydrogen) atoms. The molecule has 0 spiro atoms. The van der Waals surface area contributed by atoms with Gasteiger partial charge in [0.2, 0.25) is 5.91 Å². The lowest BCUT2D eigenvalue weighted by atomic mass is 10.2. The molecule has 4 N–H and O–H groups in total. The summed E-state index contributed by atoms with van der Waals surface area (Å²) in [4.78, 5) is 34.4. The van der Waals surface area contributed by atoms with Crippen molar-refractivity contribution in [3.63, 3.8) is 0 Å². The molecule has 1 aliphatic rings. The molecular weight excluding hydrogens is 384 g/mol. The predicted octanol–water partition coefficient (Wildman–Crippen LogP) is 2.27. The summed E-state index contributed by atoms with van der Waals surface area (Å²) >= 11 is 0. The lowest BCUT2D eigenvalue weighted by Gasteiger charge is -2.28. The molecule has 1 aliphatic heterocycles. The average molecular weight is 406 g/mol. The van der Waals surface area contributed by atoms with E-state index in [2.05, 4.69) is 25.5 Å². The molecule has 154 valence electrons. The Balaban J connectivity index is 1.61. The molecule has 2 heterocycles. The number of amides is 2. The van der Waals surface area contributed by atoms with Gasteiger partial charge in [-0.15, -0.1) is 0 Å². The maximum Gasteiger partial charge on any atom is 0.271 e. The number of carbonyl (C=O) groups excluding carboxylic acids is 2. The number of hydrogen-bond acceptors (Lipinski definition) is 7. The number of primary amides is 1. The Morgan fingerprint density at radius 3 is 2.37 bits per heavy atom. The Bertz CT molecular complexity index is 1090. The van der Waals surface area contributed by atoms with Crippen LogP contribution in [0.25, 0.3) is 11.0 Å². The summed E-state index contributed by atoms with van der Waals surface area (Å²) in [5.74, 6) is -0.612. The van der Waals surface area contributed by atoms with E-state index in [9.17, 15) is 9.59 Å². The zero-order valence-corrected chi connectivity index (χ0v) is 16.5. The highest BCUT2D eigenvalue weighted by Gasteiger charge is 2.16. The van der Waals surface area contributed by atoms with Crippen LogP contribution in [0.15, 0.2) is 42.5 Å². The first-order valence-electron chi connectivity index (χ1n) is 9.58. The molecule has 0 bridgehead atoms. The number of fused-ring (bicyclic) bond motifs is 1. The van der Waals surface area contributed by atoms with Crippen LogP contribution in [0.5, 0.6) is 0 Å². The van der Waals surface area contributed by atoms with Crippen LogP contribution in [0.1, 0.15) is 17.4 Å². The minimum Gasteiger partial charge on any atom is -0.378 e. The standard InChI is InChI=1S/C21H22N6O3/c1-13(28)23-15-4-7-17-18(12-15)25-19(20(22)29)21(26-17)24-14-2-5-16(6-3-14)27-8-10-30-11-9-27/h2-7,12H,8-11H2,1H3,(H2,22,29)(H,23,28)(H,24,26). The van der Waals surface area contributed by atoms with Crippen molar-refractivity contribution < 1.29 is 14.3 Å². The largest absolute Gasteiger partial charge is 0.378 e. The van der Waals surface area contributed by atoms with Crippen molar-refractivity contribution in [2.24, 2.45) is 5.73 Å². The molecule has 2 aromatic carbocycles. The summed E-state index contributed by atoms with van der Waals surface area (Å²) in [5.41, 5.74) is 9.03. The van der Waals surface area contributed by atoms with Crippen LogP contribution >= 0.6 is 0 Å². The quantitative estimate of drug-likeness (QED) is 0.594. The fourth-order valence-corrected chi connectivity index (χ4v) is 3.31. The van der Waals surface area contributed by atoms with Crippen molar-refractivity contribution in [1.82, 2.24) is 9.97 Å². The van der Waals surface area contributed by atoms with Crippen LogP contribution < -0.4 is 21.3 Å². The number of nitrogens with one attached hydrogen (secondary N) is 2. The van der Waals surface area contributed by atoms with Gasteiger partial charge in [0.25, 0.3) is 5.91 Å². The highest BCUT2D eigenvalue weighted by molar-refractivity contribution is 5.99. The maximum atomic E-state index is 12.0. The summed E-state index contributed by atoms with van der Waals surface area (Å²) in [6.45, 7) is 4.57. The normalized spacial score (nSPS) is 13.8. The molecule has 0 unspecified atom stereocenters. The van der Waals surface area contributed by atoms with Crippen molar-refractivity contribution >= 4 is 45.7 Å². The van der Waals surface area contributed by atoms with Gasteiger partial charge in [0.1, 0.15) is 0 Å². The first kappa shape index (κ1) is 19.6. The Morgan fingerprint density at radius 2 is 1.70 bits per heavy atom. The van der Waals surface area contributed by atoms with Gasteiger partial charge in [-0.05, 0) is 42.5 Å². The van der Waals surface area contributed by atoms with Crippen molar-refractivity contribution in [3.8, 4) is 0 Å². The van der Waals surface area contributed by atoms with E-state index in [1.165, 1.54) is 6.92 Å². The van der Waals surface area contributed by atoms with Crippen LogP contribution in [0.4, 0.5) is 22.9 Å². The zero-order chi connectivity index (χ0) is 21.1. The molecule has 0 aliphatic carbocycles. The molecule has 9 heteroatoms. The van der Waals surface area contributed by atoms with E-state index >= 15 is 0 Å². The summed E-state index contributed by atoms with van der Waals surface area (Å²) in [7, 11) is 0. The number of carbonyl (C=O) groups is 2. The number of morpholine rings is 1. The SMILES string of the molecule is CC(=O)Nc1ccc2nc(Nc3ccc(N4CCOCC4)cc3)c(C(N)=O)nc2c1. The van der Waals surface area contributed by atoms with Crippen molar-refractivity contribution in [2.75, 3.05) is 41.8 Å². The third-order valence-corrected chi connectivity index (χ3v) is 4.72. The Labute approximate surface area is 173 Å². The molecule has 1 aromatic heterocycles. The molecule has 9 nitrogen and oxygen atoms in total. The number of anilines is 4. The number of aromatic nitrogens is 2. The Morgan fingerprint density at radius 1 is 1.00 bits per heavy atom. The first-order valence-corrected chi connectivity index (χ1v) is 9.58. The van der Waals surface area contributed by atoms with E-state index in [0.29, 0.717) is 16.7 Å². The highest BCUT2D eigenvalue weighted by Crippen LogP contribution is 2.25. The molecule has 1 fully saturated rings. The van der Waals surface area contributed by atoms with Gasteiger partial charge in [-0.25, -0.2) is 9.97 Å². The van der Waals surface area contributed by atoms with Crippen LogP contribution in [0, 0.1) is 0 Å². The summed E-state index contributed by atoms with van der Waals surface area (Å²) in [6.07, 6.45) is 0. The lowest BCUT2D eigenvalue weighted by Crippen LogP contribution is -2.36. The Kier molecular flexibility index (Phi) is 5.44. The monoisotopic (exact) mass is 406 g/mol. The van der Waals surface area contributed by atoms with E-state index < -0.39 is 5.91 Å². The minimum absolute atomic E-state index is 0.0275. The molecule has 4 rings (SSSR count). The molecular formula is C21H22N6O3. The molecule has 0 atom stereocenters. The second kappa shape index (κ2) is 8.34. The first-order chi connectivity index (χ1) is 14.5. The van der Waals surface area contributed by atoms with E-state index in [1.54, 1.807) is 18.2 Å². The minimum atomic E-state index is -0.693. The van der Waals surface area contributed by atoms with Crippen LogP contribution in [-0.4, -0.2) is 48.1 Å². The molecule has 3 aromatic rings. The van der Waals surface area contributed by atoms with Crippen LogP contribution in [0.3, 0.4) is 0 Å². The fraction of sp³-hybridized carbons (Fsp3) is 0.238. The average Bonchev–Trinajstić information content (AvgIpc) is 2.74. The van der Waals surface area contributed by atoms with Crippen molar-refractivity contribution in [2.45, 2.75) is 6.92 Å². The molecule has 0 saturated carbocycles. The van der Waals surface area contributed by atoms with Crippen LogP contribution in [0.2, 0.25) is 0 Å². The van der Waals surface area contributed by atoms with Gasteiger partial charge in [-0.2, -0.15) is 0 Å². The van der Waals surface area contributed by atoms with Gasteiger partial charge >= 0.3 is 0 Å². The zero-order valence-electron chi connectivity index (χ0n) is 16.5. The second-order valence-corrected chi connectivity index (χ2v) is 6.94. The number of benzene rings is 2. The predicted molar refractivity (Wildman–Crippen MR) is 115 cm³/mol. The van der Waals surface area contributed by atoms with E-state index in [-0.39, 0.29) is 17.4 Å². The van der Waals surface area contributed by atoms with Crippen molar-refractivity contribution in [1.29, 1.82) is 0 Å². The summed E-state index contributed by atoms with van der Waals surface area (Å²) in [5, 5.41) is 5.82. The third-order valence-electron chi connectivity index (χ3n) is 4.72. The van der Waals surface area contributed by atoms with Gasteiger partial charge < -0.3 is 26.0 Å². The van der Waals surface area contributed by atoms with Gasteiger partial charge in [-0.3, -0.25) is 9.59 Å². The van der Waals surface area contributed by atoms with Gasteiger partial charge in [-0.1, -0.05) is 0 Å². The van der Waals surface area contributed by atoms with E-state index in [1.807, 2.05) is 24.3 Å². The second-order valence-electron chi connectivity index (χ2n) is 6.94. The van der Waals surface area contributed by atoms with Crippen molar-refractivity contribution in [3.05, 3.63) is 48.2 Å². The van der Waals surface area contributed by atoms with E-state index in [0.717, 1.165) is 37.7 Å². The van der Waals surface area contributed by atoms with Crippen LogP contribution in [-0.2, 0) is 9.53 Å². The van der Waals surface area contributed by atoms with Gasteiger partial charge in [0, 0.05) is 37.1 Å². The summed E-state index contributed by atoms with van der Waals surface area (Å²) in [6, 6.07) is 13.0. The topological polar surface area (TPSA) is 122 Å². The number of rotatable bonds is 5. The van der Waals surface area contributed by atoms with Gasteiger partial charge in [0.05, 0.1) is 24.2 Å². The summed E-state index contributed by atoms with van der Waals surface area (Å²) < 4.78 is 5.39. The lowest BCUT2D eigenvalue weighted by molar-refractivity contribution is -0.114. The number of nitrogens with zero attached hydrogens (tertiary/aromatic N) is 3. The van der Waals surface area contributed by atoms with Gasteiger partial charge in [0.15, 0.2) is 11.5 Å². The molecule has 0 radical (unpaired) electrons. The molecule has 2 amide bonds. The Hall–Kier alpha value is -3.72. The highest BCUT2D eigenvalue weighted by atomic mass is 16.5.